The molecule has 1 saturated heterocycles. The molecule has 0 N–H and O–H groups in total. The molecule has 0 aromatic heterocycles. The Balaban J connectivity index is 1.84. The number of methoxy groups -OCH3 is 1. The van der Waals surface area contributed by atoms with E-state index in [9.17, 15) is 4.79 Å². The predicted molar refractivity (Wildman–Crippen MR) is 132 cm³/mol. The molecule has 4 nitrogen and oxygen atoms in total. The number of esters is 1. The van der Waals surface area contributed by atoms with E-state index in [1.807, 2.05) is 6.92 Å². The summed E-state index contributed by atoms with van der Waals surface area (Å²) in [5.41, 5.74) is 0. The maximum atomic E-state index is 11.9. The molecule has 0 saturated carbocycles. The standard InChI is InChI=1S/C27H38O4Si/c1-20(19-22-17-18-25(30-22)21(2)26(28)29-6)31-32(27(3,4)5,23-13-9-7-10-14-23)24-15-11-8-12-16-24/h7-16,20-22,25H,17-19H2,1-6H3/t20-,21-,22+,25+/m0/s1. The van der Waals surface area contributed by atoms with Gasteiger partial charge in [-0.25, -0.2) is 0 Å². The smallest absolute Gasteiger partial charge is 0.311 e. The average Bonchev–Trinajstić information content (AvgIpc) is 3.25. The summed E-state index contributed by atoms with van der Waals surface area (Å²) in [6, 6.07) is 21.4. The van der Waals surface area contributed by atoms with Gasteiger partial charge >= 0.3 is 5.97 Å². The summed E-state index contributed by atoms with van der Waals surface area (Å²) in [4.78, 5) is 11.9. The maximum absolute atomic E-state index is 11.9. The second kappa shape index (κ2) is 10.3. The van der Waals surface area contributed by atoms with Crippen LogP contribution in [0.3, 0.4) is 0 Å². The molecule has 1 heterocycles. The fourth-order valence-corrected chi connectivity index (χ4v) is 9.74. The van der Waals surface area contributed by atoms with Crippen molar-refractivity contribution in [3.63, 3.8) is 0 Å². The fraction of sp³-hybridized carbons (Fsp3) is 0.519. The summed E-state index contributed by atoms with van der Waals surface area (Å²) in [6.07, 6.45) is 2.69. The van der Waals surface area contributed by atoms with Crippen LogP contribution in [0.4, 0.5) is 0 Å². The minimum Gasteiger partial charge on any atom is -0.469 e. The zero-order valence-corrected chi connectivity index (χ0v) is 21.3. The van der Waals surface area contributed by atoms with Crippen molar-refractivity contribution in [2.24, 2.45) is 5.92 Å². The molecule has 0 unspecified atom stereocenters. The molecule has 0 amide bonds. The lowest BCUT2D eigenvalue weighted by Crippen LogP contribution is -2.67. The SMILES string of the molecule is COC(=O)[C@@H](C)[C@H]1CC[C@H](C[C@H](C)O[Si](c2ccccc2)(c2ccccc2)C(C)(C)C)O1. The normalized spacial score (nSPS) is 21.2. The highest BCUT2D eigenvalue weighted by molar-refractivity contribution is 6.99. The number of hydrogen-bond acceptors (Lipinski definition) is 4. The van der Waals surface area contributed by atoms with Gasteiger partial charge in [0.05, 0.1) is 25.2 Å². The summed E-state index contributed by atoms with van der Waals surface area (Å²) in [5.74, 6) is -0.440. The second-order valence-electron chi connectivity index (χ2n) is 10.0. The van der Waals surface area contributed by atoms with Gasteiger partial charge in [0.2, 0.25) is 0 Å². The highest BCUT2D eigenvalue weighted by Crippen LogP contribution is 2.38. The highest BCUT2D eigenvalue weighted by Gasteiger charge is 2.51. The lowest BCUT2D eigenvalue weighted by atomic mass is 10.0. The monoisotopic (exact) mass is 454 g/mol. The zero-order valence-electron chi connectivity index (χ0n) is 20.3. The molecular formula is C27H38O4Si. The Hall–Kier alpha value is -1.95. The van der Waals surface area contributed by atoms with Gasteiger partial charge in [0, 0.05) is 6.10 Å². The minimum absolute atomic E-state index is 0.0264. The van der Waals surface area contributed by atoms with Crippen molar-refractivity contribution in [1.82, 2.24) is 0 Å². The number of ether oxygens (including phenoxy) is 2. The second-order valence-corrected chi connectivity index (χ2v) is 14.3. The molecular weight excluding hydrogens is 416 g/mol. The Kier molecular flexibility index (Phi) is 7.96. The Labute approximate surface area is 194 Å². The van der Waals surface area contributed by atoms with Crippen molar-refractivity contribution in [2.45, 2.75) is 77.2 Å². The summed E-state index contributed by atoms with van der Waals surface area (Å²) >= 11 is 0. The first-order valence-corrected chi connectivity index (χ1v) is 13.6. The van der Waals surface area contributed by atoms with Crippen molar-refractivity contribution >= 4 is 24.7 Å². The summed E-state index contributed by atoms with van der Waals surface area (Å²) in [7, 11) is -1.14. The third-order valence-electron chi connectivity index (χ3n) is 6.66. The summed E-state index contributed by atoms with van der Waals surface area (Å²) in [5, 5.41) is 2.52. The first kappa shape index (κ1) is 24.7. The molecule has 2 aromatic carbocycles. The molecule has 0 aliphatic carbocycles. The molecule has 174 valence electrons. The first-order valence-electron chi connectivity index (χ1n) is 11.7. The van der Waals surface area contributed by atoms with Crippen LogP contribution >= 0.6 is 0 Å². The first-order chi connectivity index (χ1) is 15.2. The van der Waals surface area contributed by atoms with Crippen LogP contribution in [0.2, 0.25) is 5.04 Å². The van der Waals surface area contributed by atoms with Gasteiger partial charge in [0.1, 0.15) is 0 Å². The van der Waals surface area contributed by atoms with Gasteiger partial charge in [-0.2, -0.15) is 0 Å². The number of benzene rings is 2. The van der Waals surface area contributed by atoms with Gasteiger partial charge in [-0.1, -0.05) is 81.4 Å². The molecule has 3 rings (SSSR count). The molecule has 0 spiro atoms. The summed E-state index contributed by atoms with van der Waals surface area (Å²) < 4.78 is 18.3. The summed E-state index contributed by atoms with van der Waals surface area (Å²) in [6.45, 7) is 10.9. The Morgan fingerprint density at radius 1 is 1.00 bits per heavy atom. The van der Waals surface area contributed by atoms with Crippen molar-refractivity contribution in [2.75, 3.05) is 7.11 Å². The molecule has 0 bridgehead atoms. The van der Waals surface area contributed by atoms with E-state index in [0.717, 1.165) is 19.3 Å². The van der Waals surface area contributed by atoms with Crippen LogP contribution in [-0.2, 0) is 18.7 Å². The lowest BCUT2D eigenvalue weighted by molar-refractivity contribution is -0.150. The Morgan fingerprint density at radius 3 is 2.00 bits per heavy atom. The molecule has 1 fully saturated rings. The average molecular weight is 455 g/mol. The van der Waals surface area contributed by atoms with E-state index in [1.165, 1.54) is 17.5 Å². The van der Waals surface area contributed by atoms with Crippen molar-refractivity contribution < 1.29 is 18.7 Å². The topological polar surface area (TPSA) is 44.8 Å². The third kappa shape index (κ3) is 5.16. The molecule has 1 aliphatic heterocycles. The van der Waals surface area contributed by atoms with Crippen molar-refractivity contribution in [3.05, 3.63) is 60.7 Å². The van der Waals surface area contributed by atoms with E-state index < -0.39 is 8.32 Å². The van der Waals surface area contributed by atoms with Crippen LogP contribution < -0.4 is 10.4 Å². The Morgan fingerprint density at radius 2 is 1.53 bits per heavy atom. The molecule has 0 radical (unpaired) electrons. The van der Waals surface area contributed by atoms with E-state index in [2.05, 4.69) is 88.4 Å². The zero-order chi connectivity index (χ0) is 23.4. The third-order valence-corrected chi connectivity index (χ3v) is 11.8. The highest BCUT2D eigenvalue weighted by atomic mass is 28.4. The predicted octanol–water partition coefficient (Wildman–Crippen LogP) is 4.70. The van der Waals surface area contributed by atoms with Gasteiger partial charge in [-0.3, -0.25) is 4.79 Å². The number of carbonyl (C=O) groups is 1. The maximum Gasteiger partial charge on any atom is 0.311 e. The van der Waals surface area contributed by atoms with Crippen LogP contribution in [-0.4, -0.2) is 39.7 Å². The molecule has 5 heteroatoms. The van der Waals surface area contributed by atoms with Gasteiger partial charge in [0.15, 0.2) is 0 Å². The van der Waals surface area contributed by atoms with Crippen LogP contribution in [0.15, 0.2) is 60.7 Å². The van der Waals surface area contributed by atoms with Crippen LogP contribution in [0.1, 0.15) is 53.9 Å². The van der Waals surface area contributed by atoms with Crippen LogP contribution in [0, 0.1) is 5.92 Å². The van der Waals surface area contributed by atoms with Crippen molar-refractivity contribution in [1.29, 1.82) is 0 Å². The Bertz CT molecular complexity index is 823. The van der Waals surface area contributed by atoms with E-state index in [1.54, 1.807) is 0 Å². The van der Waals surface area contributed by atoms with E-state index in [0.29, 0.717) is 0 Å². The van der Waals surface area contributed by atoms with Gasteiger partial charge in [-0.05, 0) is 48.5 Å². The molecule has 32 heavy (non-hydrogen) atoms. The van der Waals surface area contributed by atoms with E-state index in [4.69, 9.17) is 13.9 Å². The van der Waals surface area contributed by atoms with Gasteiger partial charge < -0.3 is 13.9 Å². The molecule has 1 aliphatic rings. The van der Waals surface area contributed by atoms with E-state index in [-0.39, 0.29) is 35.2 Å². The fourth-order valence-electron chi connectivity index (χ4n) is 5.02. The van der Waals surface area contributed by atoms with Crippen LogP contribution in [0.25, 0.3) is 0 Å². The molecule has 4 atom stereocenters. The number of hydrogen-bond donors (Lipinski definition) is 0. The van der Waals surface area contributed by atoms with Gasteiger partial charge in [0.25, 0.3) is 8.32 Å². The number of carbonyl (C=O) groups excluding carboxylic acids is 1. The van der Waals surface area contributed by atoms with Gasteiger partial charge in [-0.15, -0.1) is 0 Å². The lowest BCUT2D eigenvalue weighted by Gasteiger charge is -2.45. The largest absolute Gasteiger partial charge is 0.469 e. The van der Waals surface area contributed by atoms with Crippen LogP contribution in [0.5, 0.6) is 0 Å². The van der Waals surface area contributed by atoms with Crippen molar-refractivity contribution in [3.8, 4) is 0 Å². The number of rotatable bonds is 8. The minimum atomic E-state index is -2.58. The van der Waals surface area contributed by atoms with E-state index >= 15 is 0 Å². The molecule has 2 aromatic rings. The quantitative estimate of drug-likeness (QED) is 0.428.